The van der Waals surface area contributed by atoms with E-state index in [1.54, 1.807) is 20.8 Å². The Morgan fingerprint density at radius 1 is 0.651 bits per heavy atom. The van der Waals surface area contributed by atoms with E-state index in [0.29, 0.717) is 5.57 Å². The number of esters is 3. The average molecular weight is 624 g/mol. The van der Waals surface area contributed by atoms with Gasteiger partial charge in [-0.1, -0.05) is 19.7 Å². The lowest BCUT2D eigenvalue weighted by molar-refractivity contribution is -0.140. The highest BCUT2D eigenvalue weighted by molar-refractivity contribution is 5.86. The lowest BCUT2D eigenvalue weighted by Gasteiger charge is -2.09. The Labute approximate surface area is 257 Å². The number of nitrogens with one attached hydrogen (secondary N) is 3. The normalized spacial score (nSPS) is 9.44. The SMILES string of the molecule is C=C(C)C(=O)OCCOC(=O)NC(C)C.C=CC(=O)OCCNC(=O)OC(C)C.C=CC(=O)OCCOC(=O)NC(C)C.[HH].[HH].[HH]. The second-order valence-corrected chi connectivity index (χ2v) is 8.91. The average Bonchev–Trinajstić information content (AvgIpc) is 2.90. The maximum atomic E-state index is 10.9. The van der Waals surface area contributed by atoms with Gasteiger partial charge in [-0.05, 0) is 48.5 Å². The molecular formula is C28H53N3O12. The quantitative estimate of drug-likeness (QED) is 0.104. The van der Waals surface area contributed by atoms with Crippen molar-refractivity contribution in [3.8, 4) is 0 Å². The van der Waals surface area contributed by atoms with Crippen molar-refractivity contribution in [3.63, 3.8) is 0 Å². The molecule has 0 saturated heterocycles. The highest BCUT2D eigenvalue weighted by atomic mass is 16.6. The van der Waals surface area contributed by atoms with Crippen molar-refractivity contribution in [1.82, 2.24) is 16.0 Å². The van der Waals surface area contributed by atoms with E-state index in [2.05, 4.69) is 49.9 Å². The minimum absolute atomic E-state index is 0. The number of rotatable bonds is 15. The number of carbonyl (C=O) groups is 6. The highest BCUT2D eigenvalue weighted by Crippen LogP contribution is 1.92. The number of hydrogen-bond acceptors (Lipinski definition) is 12. The summed E-state index contributed by atoms with van der Waals surface area (Å²) in [6, 6.07) is 0.0497. The topological polar surface area (TPSA) is 194 Å². The van der Waals surface area contributed by atoms with Crippen LogP contribution in [0.25, 0.3) is 0 Å². The number of amides is 3. The molecule has 0 aromatic heterocycles. The standard InChI is InChI=1S/C10H17NO4.2C9H15NO4.3H2/c1-7(2)9(12)14-5-6-15-10(13)11-8(3)4;1-4-8(11)13-5-6-14-9(12)10-7(2)3;1-4-8(11)13-6-5-10-9(12)14-7(2)3;;;/h8H,1,5-6H2,2-4H3,(H,11,13);2*4,7H,1,5-6H2,2-3H3,(H,10,12);3*1H. The summed E-state index contributed by atoms with van der Waals surface area (Å²) in [5.74, 6) is -1.52. The Kier molecular flexibility index (Phi) is 27.5. The first-order valence-electron chi connectivity index (χ1n) is 13.3. The molecular weight excluding hydrogens is 570 g/mol. The van der Waals surface area contributed by atoms with Crippen molar-refractivity contribution in [2.45, 2.75) is 66.7 Å². The first-order valence-corrected chi connectivity index (χ1v) is 13.3. The summed E-state index contributed by atoms with van der Waals surface area (Å²) in [6.07, 6.45) is 0.395. The van der Waals surface area contributed by atoms with Gasteiger partial charge in [-0.2, -0.15) is 0 Å². The molecule has 0 rings (SSSR count). The molecule has 0 saturated carbocycles. The van der Waals surface area contributed by atoms with E-state index in [1.165, 1.54) is 0 Å². The molecule has 43 heavy (non-hydrogen) atoms. The molecule has 0 radical (unpaired) electrons. The Morgan fingerprint density at radius 3 is 1.42 bits per heavy atom. The number of hydrogen-bond donors (Lipinski definition) is 3. The second-order valence-electron chi connectivity index (χ2n) is 8.91. The van der Waals surface area contributed by atoms with Gasteiger partial charge in [0.25, 0.3) is 0 Å². The zero-order valence-electron chi connectivity index (χ0n) is 26.1. The largest absolute Gasteiger partial charge is 0.461 e. The van der Waals surface area contributed by atoms with Crippen LogP contribution in [0.1, 0.15) is 52.7 Å². The molecule has 0 fully saturated rings. The molecule has 15 heteroatoms. The fourth-order valence-electron chi connectivity index (χ4n) is 1.90. The van der Waals surface area contributed by atoms with Crippen LogP contribution in [0, 0.1) is 0 Å². The van der Waals surface area contributed by atoms with Crippen LogP contribution in [0.4, 0.5) is 14.4 Å². The molecule has 0 heterocycles. The second kappa shape index (κ2) is 27.6. The van der Waals surface area contributed by atoms with Crippen molar-refractivity contribution in [3.05, 3.63) is 37.5 Å². The van der Waals surface area contributed by atoms with Crippen LogP contribution in [0.2, 0.25) is 0 Å². The summed E-state index contributed by atoms with van der Waals surface area (Å²) in [5, 5.41) is 7.48. The minimum Gasteiger partial charge on any atom is -0.461 e. The minimum atomic E-state index is -0.530. The van der Waals surface area contributed by atoms with E-state index in [-0.39, 0.29) is 62.0 Å². The first-order chi connectivity index (χ1) is 20.0. The van der Waals surface area contributed by atoms with Crippen LogP contribution in [0.15, 0.2) is 37.5 Å². The Bertz CT molecular complexity index is 871. The highest BCUT2D eigenvalue weighted by Gasteiger charge is 2.06. The molecule has 0 aliphatic heterocycles. The van der Waals surface area contributed by atoms with Gasteiger partial charge in [-0.25, -0.2) is 28.8 Å². The van der Waals surface area contributed by atoms with E-state index in [0.717, 1.165) is 12.2 Å². The van der Waals surface area contributed by atoms with Crippen LogP contribution in [-0.4, -0.2) is 94.0 Å². The molecule has 252 valence electrons. The molecule has 15 nitrogen and oxygen atoms in total. The predicted octanol–water partition coefficient (Wildman–Crippen LogP) is 3.68. The van der Waals surface area contributed by atoms with Crippen molar-refractivity contribution in [2.75, 3.05) is 39.6 Å². The lowest BCUT2D eigenvalue weighted by Crippen LogP contribution is -2.31. The van der Waals surface area contributed by atoms with E-state index in [1.807, 2.05) is 27.7 Å². The van der Waals surface area contributed by atoms with Crippen molar-refractivity contribution >= 4 is 36.2 Å². The third-order valence-electron chi connectivity index (χ3n) is 3.56. The van der Waals surface area contributed by atoms with E-state index in [4.69, 9.17) is 14.2 Å². The van der Waals surface area contributed by atoms with Crippen molar-refractivity contribution < 1.29 is 61.5 Å². The van der Waals surface area contributed by atoms with Crippen LogP contribution in [0.5, 0.6) is 0 Å². The molecule has 0 aliphatic rings. The fraction of sp³-hybridized carbons (Fsp3) is 0.571. The predicted molar refractivity (Wildman–Crippen MR) is 163 cm³/mol. The zero-order chi connectivity index (χ0) is 33.8. The Balaban J connectivity index is -0.000000126. The van der Waals surface area contributed by atoms with Gasteiger partial charge in [0.2, 0.25) is 0 Å². The summed E-state index contributed by atoms with van der Waals surface area (Å²) in [5.41, 5.74) is 0.321. The summed E-state index contributed by atoms with van der Waals surface area (Å²) < 4.78 is 28.1. The van der Waals surface area contributed by atoms with Crippen molar-refractivity contribution in [1.29, 1.82) is 0 Å². The summed E-state index contributed by atoms with van der Waals surface area (Å²) in [6.45, 7) is 22.7. The molecule has 0 atom stereocenters. The monoisotopic (exact) mass is 623 g/mol. The number of ether oxygens (including phenoxy) is 6. The van der Waals surface area contributed by atoms with Gasteiger partial charge >= 0.3 is 36.2 Å². The van der Waals surface area contributed by atoms with Gasteiger partial charge in [0.05, 0.1) is 12.6 Å². The maximum Gasteiger partial charge on any atom is 0.407 e. The molecule has 0 bridgehead atoms. The van der Waals surface area contributed by atoms with Gasteiger partial charge in [0.1, 0.15) is 33.0 Å². The molecule has 3 N–H and O–H groups in total. The summed E-state index contributed by atoms with van der Waals surface area (Å²) in [4.78, 5) is 64.7. The van der Waals surface area contributed by atoms with Crippen LogP contribution >= 0.6 is 0 Å². The first kappa shape index (κ1) is 42.9. The van der Waals surface area contributed by atoms with Crippen LogP contribution in [-0.2, 0) is 42.8 Å². The fourth-order valence-corrected chi connectivity index (χ4v) is 1.90. The van der Waals surface area contributed by atoms with Gasteiger partial charge in [-0.15, -0.1) is 0 Å². The maximum absolute atomic E-state index is 10.9. The Morgan fingerprint density at radius 2 is 1.05 bits per heavy atom. The van der Waals surface area contributed by atoms with Gasteiger partial charge < -0.3 is 44.4 Å². The number of carbonyl (C=O) groups excluding carboxylic acids is 6. The molecule has 0 spiro atoms. The smallest absolute Gasteiger partial charge is 0.407 e. The molecule has 0 aromatic carbocycles. The van der Waals surface area contributed by atoms with E-state index >= 15 is 0 Å². The van der Waals surface area contributed by atoms with E-state index in [9.17, 15) is 28.8 Å². The van der Waals surface area contributed by atoms with Crippen LogP contribution < -0.4 is 16.0 Å². The Hall–Kier alpha value is -4.56. The third-order valence-corrected chi connectivity index (χ3v) is 3.56. The van der Waals surface area contributed by atoms with Crippen molar-refractivity contribution in [2.24, 2.45) is 0 Å². The third kappa shape index (κ3) is 35.4. The molecule has 3 amide bonds. The lowest BCUT2D eigenvalue weighted by atomic mass is 10.4. The van der Waals surface area contributed by atoms with Crippen LogP contribution in [0.3, 0.4) is 0 Å². The molecule has 0 aliphatic carbocycles. The van der Waals surface area contributed by atoms with Gasteiger partial charge in [-0.3, -0.25) is 0 Å². The summed E-state index contributed by atoms with van der Waals surface area (Å²) >= 11 is 0. The number of alkyl carbamates (subject to hydrolysis) is 3. The molecule has 0 unspecified atom stereocenters. The summed E-state index contributed by atoms with van der Waals surface area (Å²) in [7, 11) is 0. The van der Waals surface area contributed by atoms with E-state index < -0.39 is 36.2 Å². The molecule has 0 aromatic rings. The van der Waals surface area contributed by atoms with Gasteiger partial charge in [0.15, 0.2) is 0 Å². The van der Waals surface area contributed by atoms with Gasteiger partial charge in [0, 0.05) is 34.1 Å². The zero-order valence-corrected chi connectivity index (χ0v) is 26.1.